The molecule has 0 bridgehead atoms. The van der Waals surface area contributed by atoms with Crippen molar-refractivity contribution in [1.29, 1.82) is 0 Å². The number of rotatable bonds is 8. The van der Waals surface area contributed by atoms with Gasteiger partial charge in [-0.25, -0.2) is 15.0 Å². The van der Waals surface area contributed by atoms with Crippen LogP contribution in [0.5, 0.6) is 0 Å². The normalized spacial score (nSPS) is 11.4. The largest absolute Gasteiger partial charge is 0.455 e. The van der Waals surface area contributed by atoms with Gasteiger partial charge in [-0.05, 0) is 79.0 Å². The quantitative estimate of drug-likeness (QED) is 0.153. The average molecular weight is 830 g/mol. The molecule has 10 aromatic carbocycles. The zero-order valence-corrected chi connectivity index (χ0v) is 35.3. The molecule has 4 nitrogen and oxygen atoms in total. The van der Waals surface area contributed by atoms with Crippen LogP contribution in [0, 0.1) is 0 Å². The van der Waals surface area contributed by atoms with Gasteiger partial charge in [0.15, 0.2) is 17.5 Å². The summed E-state index contributed by atoms with van der Waals surface area (Å²) in [6.07, 6.45) is 0. The highest BCUT2D eigenvalue weighted by molar-refractivity contribution is 6.15. The Hall–Kier alpha value is -8.73. The lowest BCUT2D eigenvalue weighted by Gasteiger charge is -2.11. The minimum absolute atomic E-state index is 0.578. The Kier molecular flexibility index (Phi) is 9.46. The molecule has 12 aromatic rings. The van der Waals surface area contributed by atoms with E-state index in [9.17, 15) is 0 Å². The number of para-hydroxylation sites is 1. The summed E-state index contributed by atoms with van der Waals surface area (Å²) in [5, 5.41) is 4.41. The van der Waals surface area contributed by atoms with Gasteiger partial charge in [0.2, 0.25) is 0 Å². The molecule has 65 heavy (non-hydrogen) atoms. The lowest BCUT2D eigenvalue weighted by Crippen LogP contribution is -2.00. The number of nitrogens with zero attached hydrogens (tertiary/aromatic N) is 3. The topological polar surface area (TPSA) is 51.8 Å². The summed E-state index contributed by atoms with van der Waals surface area (Å²) >= 11 is 0. The highest BCUT2D eigenvalue weighted by Gasteiger charge is 2.20. The SMILES string of the molecule is c1ccc(-c2ccc(-c3ccc(-c4nc(-c5ccc(-c6ccc7ccccc7c6)cc5)nc(-c5cccc6oc7c(-c8cccc(-c9ccccc9)c8)cccc7c56)n4)cc3)cc2)cc1. The maximum atomic E-state index is 6.77. The molecule has 4 heteroatoms. The number of hydrogen-bond acceptors (Lipinski definition) is 4. The minimum atomic E-state index is 0.578. The van der Waals surface area contributed by atoms with Crippen LogP contribution in [0.15, 0.2) is 241 Å². The van der Waals surface area contributed by atoms with Crippen LogP contribution in [0.3, 0.4) is 0 Å². The molecule has 0 aliphatic heterocycles. The van der Waals surface area contributed by atoms with Crippen molar-refractivity contribution in [2.24, 2.45) is 0 Å². The van der Waals surface area contributed by atoms with Crippen LogP contribution in [0.2, 0.25) is 0 Å². The Morgan fingerprint density at radius 3 is 1.34 bits per heavy atom. The molecule has 0 aliphatic rings. The van der Waals surface area contributed by atoms with Crippen molar-refractivity contribution in [2.75, 3.05) is 0 Å². The molecular formula is C61H39N3O. The molecule has 0 aliphatic carbocycles. The standard InChI is InChI=1S/C61H39N3O/c1-3-12-40(13-4-1)43-24-26-44(27-25-43)45-28-33-47(34-29-45)59-62-60(48-35-30-46(31-36-48)51-37-32-42-16-7-8-17-49(42)38-51)64-61(63-59)55-22-11-23-56-57(55)54-21-10-20-53(58(54)65-56)52-19-9-18-50(39-52)41-14-5-2-6-15-41/h1-39H. The second-order valence-corrected chi connectivity index (χ2v) is 16.4. The van der Waals surface area contributed by atoms with E-state index in [2.05, 4.69) is 212 Å². The van der Waals surface area contributed by atoms with Crippen LogP contribution >= 0.6 is 0 Å². The lowest BCUT2D eigenvalue weighted by molar-refractivity contribution is 0.670. The number of fused-ring (bicyclic) bond motifs is 4. The van der Waals surface area contributed by atoms with Crippen molar-refractivity contribution in [3.05, 3.63) is 237 Å². The van der Waals surface area contributed by atoms with Gasteiger partial charge in [0, 0.05) is 33.0 Å². The highest BCUT2D eigenvalue weighted by Crippen LogP contribution is 2.41. The summed E-state index contributed by atoms with van der Waals surface area (Å²) in [5.41, 5.74) is 15.7. The second kappa shape index (κ2) is 16.2. The molecule has 0 N–H and O–H groups in total. The Morgan fingerprint density at radius 1 is 0.262 bits per heavy atom. The fraction of sp³-hybridized carbons (Fsp3) is 0. The minimum Gasteiger partial charge on any atom is -0.455 e. The van der Waals surface area contributed by atoms with E-state index in [1.165, 1.54) is 27.5 Å². The molecule has 0 saturated heterocycles. The molecular weight excluding hydrogens is 791 g/mol. The van der Waals surface area contributed by atoms with Gasteiger partial charge in [0.05, 0.1) is 0 Å². The first kappa shape index (κ1) is 38.0. The maximum absolute atomic E-state index is 6.77. The predicted octanol–water partition coefficient (Wildman–Crippen LogP) is 16.3. The molecule has 12 rings (SSSR count). The number of furan rings is 1. The van der Waals surface area contributed by atoms with Crippen LogP contribution in [-0.2, 0) is 0 Å². The highest BCUT2D eigenvalue weighted by atomic mass is 16.3. The van der Waals surface area contributed by atoms with Crippen molar-refractivity contribution in [3.8, 4) is 89.8 Å². The summed E-state index contributed by atoms with van der Waals surface area (Å²) in [5.74, 6) is 1.77. The van der Waals surface area contributed by atoms with E-state index in [1.54, 1.807) is 0 Å². The third kappa shape index (κ3) is 7.23. The first-order chi connectivity index (χ1) is 32.2. The molecule has 0 amide bonds. The third-order valence-corrected chi connectivity index (χ3v) is 12.4. The summed E-state index contributed by atoms with van der Waals surface area (Å²) in [6, 6.07) is 82.9. The number of hydrogen-bond donors (Lipinski definition) is 0. The van der Waals surface area contributed by atoms with E-state index in [4.69, 9.17) is 19.4 Å². The lowest BCUT2D eigenvalue weighted by atomic mass is 9.97. The number of aromatic nitrogens is 3. The van der Waals surface area contributed by atoms with E-state index in [1.807, 2.05) is 24.3 Å². The molecule has 0 saturated carbocycles. The van der Waals surface area contributed by atoms with Gasteiger partial charge < -0.3 is 4.42 Å². The van der Waals surface area contributed by atoms with Gasteiger partial charge in [0.1, 0.15) is 11.2 Å². The first-order valence-corrected chi connectivity index (χ1v) is 21.9. The Balaban J connectivity index is 0.963. The van der Waals surface area contributed by atoms with E-state index in [0.29, 0.717) is 17.5 Å². The van der Waals surface area contributed by atoms with E-state index in [0.717, 1.165) is 77.6 Å². The fourth-order valence-electron chi connectivity index (χ4n) is 8.99. The Bertz CT molecular complexity index is 3670. The molecule has 0 spiro atoms. The van der Waals surface area contributed by atoms with Crippen molar-refractivity contribution in [3.63, 3.8) is 0 Å². The van der Waals surface area contributed by atoms with Gasteiger partial charge in [0.25, 0.3) is 0 Å². The van der Waals surface area contributed by atoms with Crippen LogP contribution in [0.1, 0.15) is 0 Å². The monoisotopic (exact) mass is 829 g/mol. The van der Waals surface area contributed by atoms with Crippen molar-refractivity contribution < 1.29 is 4.42 Å². The van der Waals surface area contributed by atoms with Gasteiger partial charge in [-0.2, -0.15) is 0 Å². The second-order valence-electron chi connectivity index (χ2n) is 16.4. The summed E-state index contributed by atoms with van der Waals surface area (Å²) in [6.45, 7) is 0. The fourth-order valence-corrected chi connectivity index (χ4v) is 8.99. The summed E-state index contributed by atoms with van der Waals surface area (Å²) in [7, 11) is 0. The molecule has 2 aromatic heterocycles. The summed E-state index contributed by atoms with van der Waals surface area (Å²) in [4.78, 5) is 15.6. The van der Waals surface area contributed by atoms with Crippen LogP contribution in [0.4, 0.5) is 0 Å². The zero-order valence-electron chi connectivity index (χ0n) is 35.3. The molecule has 2 heterocycles. The Labute approximate surface area is 376 Å². The van der Waals surface area contributed by atoms with Crippen molar-refractivity contribution in [1.82, 2.24) is 15.0 Å². The van der Waals surface area contributed by atoms with Crippen LogP contribution in [-0.4, -0.2) is 15.0 Å². The van der Waals surface area contributed by atoms with Crippen LogP contribution in [0.25, 0.3) is 123 Å². The van der Waals surface area contributed by atoms with Gasteiger partial charge >= 0.3 is 0 Å². The van der Waals surface area contributed by atoms with Crippen LogP contribution < -0.4 is 0 Å². The molecule has 304 valence electrons. The van der Waals surface area contributed by atoms with E-state index >= 15 is 0 Å². The predicted molar refractivity (Wildman–Crippen MR) is 268 cm³/mol. The average Bonchev–Trinajstić information content (AvgIpc) is 3.79. The number of benzene rings is 10. The molecule has 0 radical (unpaired) electrons. The third-order valence-electron chi connectivity index (χ3n) is 12.4. The Morgan fingerprint density at radius 2 is 0.692 bits per heavy atom. The maximum Gasteiger partial charge on any atom is 0.164 e. The van der Waals surface area contributed by atoms with Gasteiger partial charge in [-0.1, -0.05) is 218 Å². The molecule has 0 atom stereocenters. The molecule has 0 unspecified atom stereocenters. The molecule has 0 fully saturated rings. The van der Waals surface area contributed by atoms with E-state index in [-0.39, 0.29) is 0 Å². The van der Waals surface area contributed by atoms with E-state index < -0.39 is 0 Å². The smallest absolute Gasteiger partial charge is 0.164 e. The van der Waals surface area contributed by atoms with Gasteiger partial charge in [-0.15, -0.1) is 0 Å². The zero-order chi connectivity index (χ0) is 43.1. The van der Waals surface area contributed by atoms with Crippen molar-refractivity contribution in [2.45, 2.75) is 0 Å². The summed E-state index contributed by atoms with van der Waals surface area (Å²) < 4.78 is 6.77. The first-order valence-electron chi connectivity index (χ1n) is 21.9. The van der Waals surface area contributed by atoms with Gasteiger partial charge in [-0.3, -0.25) is 0 Å². The van der Waals surface area contributed by atoms with Crippen molar-refractivity contribution >= 4 is 32.7 Å².